The van der Waals surface area contributed by atoms with E-state index in [1.54, 1.807) is 30.3 Å². The van der Waals surface area contributed by atoms with Crippen LogP contribution in [0.2, 0.25) is 0 Å². The Kier molecular flexibility index (Phi) is 24.5. The number of rotatable bonds is 25. The van der Waals surface area contributed by atoms with Gasteiger partial charge in [0.2, 0.25) is 0 Å². The summed E-state index contributed by atoms with van der Waals surface area (Å²) in [6.45, 7) is 6.30. The number of methoxy groups -OCH3 is 1. The lowest BCUT2D eigenvalue weighted by molar-refractivity contribution is -0.394. The molecule has 0 unspecified atom stereocenters. The molecule has 0 aromatic heterocycles. The van der Waals surface area contributed by atoms with E-state index in [-0.39, 0.29) is 19.6 Å². The van der Waals surface area contributed by atoms with E-state index in [0.717, 1.165) is 55.4 Å². The number of carbonyl (C=O) groups excluding carboxylic acids is 9. The topological polar surface area (TPSA) is 322 Å². The van der Waals surface area contributed by atoms with Crippen LogP contribution in [0.3, 0.4) is 0 Å². The summed E-state index contributed by atoms with van der Waals surface area (Å²) in [5.41, 5.74) is 0.617. The highest BCUT2D eigenvalue weighted by molar-refractivity contribution is 5.70. The minimum absolute atomic E-state index is 0.103. The maximum Gasteiger partial charge on any atom is 0.305 e. The summed E-state index contributed by atoms with van der Waals surface area (Å²) in [4.78, 5) is 112. The third-order valence-corrected chi connectivity index (χ3v) is 11.1. The number of hydrogen-bond donors (Lipinski definition) is 1. The van der Waals surface area contributed by atoms with Crippen LogP contribution in [-0.4, -0.2) is 184 Å². The molecular formula is C48H66O26. The fourth-order valence-corrected chi connectivity index (χ4v) is 8.07. The van der Waals surface area contributed by atoms with Gasteiger partial charge in [-0.3, -0.25) is 43.2 Å². The van der Waals surface area contributed by atoms with E-state index in [2.05, 4.69) is 0 Å². The van der Waals surface area contributed by atoms with Crippen LogP contribution < -0.4 is 0 Å². The number of benzene rings is 1. The molecule has 0 aliphatic carbocycles. The first-order valence-corrected chi connectivity index (χ1v) is 23.6. The Balaban J connectivity index is 1.92. The van der Waals surface area contributed by atoms with Gasteiger partial charge in [-0.25, -0.2) is 0 Å². The maximum atomic E-state index is 13.1. The van der Waals surface area contributed by atoms with Crippen molar-refractivity contribution >= 4 is 53.7 Å². The number of carbonyl (C=O) groups is 9. The molecule has 3 fully saturated rings. The van der Waals surface area contributed by atoms with Gasteiger partial charge >= 0.3 is 53.7 Å². The fraction of sp³-hybridized carbons (Fsp3) is 0.688. The molecule has 15 atom stereocenters. The lowest BCUT2D eigenvalue weighted by Crippen LogP contribution is -2.68. The van der Waals surface area contributed by atoms with E-state index >= 15 is 0 Å². The van der Waals surface area contributed by atoms with E-state index in [9.17, 15) is 48.3 Å². The molecule has 3 aliphatic rings. The first-order chi connectivity index (χ1) is 35.1. The highest BCUT2D eigenvalue weighted by Crippen LogP contribution is 2.38. The Morgan fingerprint density at radius 1 is 0.459 bits per heavy atom. The van der Waals surface area contributed by atoms with E-state index in [1.165, 1.54) is 7.11 Å². The van der Waals surface area contributed by atoms with Crippen LogP contribution in [-0.2, 0) is 126 Å². The van der Waals surface area contributed by atoms with Crippen LogP contribution >= 0.6 is 0 Å². The third-order valence-electron chi connectivity index (χ3n) is 11.1. The van der Waals surface area contributed by atoms with Gasteiger partial charge in [-0.1, -0.05) is 36.8 Å². The standard InChI is InChI=1S/C48H66O26/c1-24(49)61-21-33-38(65-27(4)52)41(64-20-32-16-12-10-13-17-32)37(58)46(70-33)73-45-43(69-31(8)56)40(67-29(6)54)35(23-63-26(3)51)72-48(45)74-44-42(68-30(7)55)39(66-28(5)53)34(22-62-25(2)50)71-47(44)60-19-15-11-14-18-36(57)59-9/h10,12-13,16-17,33-35,37-48,58H,11,14-15,18-23H2,1-9H3/t33-,34-,35-,37-,38-,39-,40-,41-,42+,43+,44-,45-,46-,47+,48-/m1/s1. The van der Waals surface area contributed by atoms with Crippen molar-refractivity contribution in [3.63, 3.8) is 0 Å². The monoisotopic (exact) mass is 1060 g/mol. The zero-order valence-electron chi connectivity index (χ0n) is 42.6. The quantitative estimate of drug-likeness (QED) is 0.0810. The Labute approximate surface area is 426 Å². The van der Waals surface area contributed by atoms with Crippen LogP contribution in [0.25, 0.3) is 0 Å². The summed E-state index contributed by atoms with van der Waals surface area (Å²) in [7, 11) is 1.25. The predicted molar refractivity (Wildman–Crippen MR) is 241 cm³/mol. The summed E-state index contributed by atoms with van der Waals surface area (Å²) in [6, 6.07) is 8.65. The van der Waals surface area contributed by atoms with Crippen molar-refractivity contribution in [1.29, 1.82) is 0 Å². The summed E-state index contributed by atoms with van der Waals surface area (Å²) in [6.07, 6.45) is -24.4. The first-order valence-electron chi connectivity index (χ1n) is 23.6. The lowest BCUT2D eigenvalue weighted by Gasteiger charge is -2.50. The van der Waals surface area contributed by atoms with Crippen molar-refractivity contribution in [1.82, 2.24) is 0 Å². The number of unbranched alkanes of at least 4 members (excludes halogenated alkanes) is 2. The van der Waals surface area contributed by atoms with Crippen LogP contribution in [0.15, 0.2) is 30.3 Å². The van der Waals surface area contributed by atoms with Gasteiger partial charge in [0, 0.05) is 68.4 Å². The summed E-state index contributed by atoms with van der Waals surface area (Å²) >= 11 is 0. The Bertz CT molecular complexity index is 2050. The molecule has 26 nitrogen and oxygen atoms in total. The van der Waals surface area contributed by atoms with E-state index in [0.29, 0.717) is 24.8 Å². The van der Waals surface area contributed by atoms with Gasteiger partial charge in [-0.15, -0.1) is 0 Å². The molecule has 4 rings (SSSR count). The molecule has 0 spiro atoms. The smallest absolute Gasteiger partial charge is 0.305 e. The molecule has 1 aromatic rings. The van der Waals surface area contributed by atoms with Gasteiger partial charge in [-0.2, -0.15) is 0 Å². The van der Waals surface area contributed by atoms with Crippen LogP contribution in [0.1, 0.15) is 86.6 Å². The molecule has 414 valence electrons. The molecule has 0 radical (unpaired) electrons. The molecule has 0 bridgehead atoms. The van der Waals surface area contributed by atoms with Gasteiger partial charge < -0.3 is 80.9 Å². The van der Waals surface area contributed by atoms with Gasteiger partial charge in [0.05, 0.1) is 13.7 Å². The molecule has 3 saturated heterocycles. The van der Waals surface area contributed by atoms with Gasteiger partial charge in [0.25, 0.3) is 0 Å². The SMILES string of the molecule is COC(=O)CCCCCO[C@H]1O[C@H](COC(C)=O)[C@@H](OC(C)=O)[C@H](OC(C)=O)[C@H]1O[C@H]1O[C@H](COC(C)=O)[C@@H](OC(C)=O)[C@H](OC(C)=O)[C@H]1O[C@H]1O[C@H](COC(C)=O)[C@@H](OC(C)=O)[C@H](OCc2ccccc2)[C@H]1O. The second-order valence-electron chi connectivity index (χ2n) is 17.1. The first kappa shape index (κ1) is 60.7. The van der Waals surface area contributed by atoms with Gasteiger partial charge in [0.1, 0.15) is 50.3 Å². The average Bonchev–Trinajstić information content (AvgIpc) is 3.31. The van der Waals surface area contributed by atoms with E-state index in [1.807, 2.05) is 0 Å². The molecule has 0 amide bonds. The third kappa shape index (κ3) is 19.1. The molecule has 1 aromatic carbocycles. The second-order valence-corrected chi connectivity index (χ2v) is 17.1. The van der Waals surface area contributed by atoms with Crippen LogP contribution in [0.5, 0.6) is 0 Å². The summed E-state index contributed by atoms with van der Waals surface area (Å²) in [5.74, 6) is -7.44. The van der Waals surface area contributed by atoms with Crippen molar-refractivity contribution < 1.29 is 124 Å². The Morgan fingerprint density at radius 3 is 1.31 bits per heavy atom. The van der Waals surface area contributed by atoms with Gasteiger partial charge in [-0.05, 0) is 18.4 Å². The van der Waals surface area contributed by atoms with Crippen molar-refractivity contribution in [2.45, 2.75) is 180 Å². The highest BCUT2D eigenvalue weighted by Gasteiger charge is 2.59. The molecule has 0 saturated carbocycles. The molecular weight excluding hydrogens is 993 g/mol. The molecule has 74 heavy (non-hydrogen) atoms. The summed E-state index contributed by atoms with van der Waals surface area (Å²) < 4.78 is 93.5. The second kappa shape index (κ2) is 29.9. The average molecular weight is 1060 g/mol. The Morgan fingerprint density at radius 2 is 0.865 bits per heavy atom. The number of ether oxygens (including phenoxy) is 16. The minimum Gasteiger partial charge on any atom is -0.469 e. The van der Waals surface area contributed by atoms with Crippen molar-refractivity contribution in [3.8, 4) is 0 Å². The van der Waals surface area contributed by atoms with E-state index < -0.39 is 166 Å². The number of esters is 9. The summed E-state index contributed by atoms with van der Waals surface area (Å²) in [5, 5.41) is 12.2. The van der Waals surface area contributed by atoms with Crippen LogP contribution in [0.4, 0.5) is 0 Å². The highest BCUT2D eigenvalue weighted by atomic mass is 16.8. The van der Waals surface area contributed by atoms with Crippen LogP contribution in [0, 0.1) is 0 Å². The zero-order chi connectivity index (χ0) is 54.6. The zero-order valence-corrected chi connectivity index (χ0v) is 42.6. The maximum absolute atomic E-state index is 13.1. The minimum atomic E-state index is -2.02. The Hall–Kier alpha value is -5.87. The predicted octanol–water partition coefficient (Wildman–Crippen LogP) is 0.976. The van der Waals surface area contributed by atoms with E-state index in [4.69, 9.17) is 75.8 Å². The van der Waals surface area contributed by atoms with Crippen molar-refractivity contribution in [3.05, 3.63) is 35.9 Å². The number of aliphatic hydroxyl groups is 1. The lowest BCUT2D eigenvalue weighted by atomic mass is 9.95. The normalized spacial score (nSPS) is 29.6. The van der Waals surface area contributed by atoms with Gasteiger partial charge in [0.15, 0.2) is 61.6 Å². The molecule has 26 heteroatoms. The molecule has 3 heterocycles. The fourth-order valence-electron chi connectivity index (χ4n) is 8.07. The van der Waals surface area contributed by atoms with Crippen molar-refractivity contribution in [2.75, 3.05) is 33.5 Å². The number of aliphatic hydroxyl groups excluding tert-OH is 1. The molecule has 3 aliphatic heterocycles. The van der Waals surface area contributed by atoms with Crippen molar-refractivity contribution in [2.24, 2.45) is 0 Å². The number of hydrogen-bond acceptors (Lipinski definition) is 26. The molecule has 1 N–H and O–H groups in total. The largest absolute Gasteiger partial charge is 0.469 e.